The summed E-state index contributed by atoms with van der Waals surface area (Å²) < 4.78 is 0. The molecular formula is C44H29N5O2. The van der Waals surface area contributed by atoms with E-state index in [-0.39, 0.29) is 10.6 Å². The van der Waals surface area contributed by atoms with Gasteiger partial charge in [0.05, 0.1) is 27.7 Å². The van der Waals surface area contributed by atoms with Crippen molar-refractivity contribution in [2.45, 2.75) is 0 Å². The van der Waals surface area contributed by atoms with Crippen molar-refractivity contribution in [2.24, 2.45) is 0 Å². The van der Waals surface area contributed by atoms with Crippen molar-refractivity contribution in [1.29, 1.82) is 0 Å². The van der Waals surface area contributed by atoms with E-state index >= 15 is 0 Å². The molecule has 2 aliphatic rings. The lowest BCUT2D eigenvalue weighted by molar-refractivity contribution is -0.384. The van der Waals surface area contributed by atoms with Crippen molar-refractivity contribution in [3.8, 4) is 44.5 Å². The van der Waals surface area contributed by atoms with Gasteiger partial charge in [0.15, 0.2) is 0 Å². The fourth-order valence-corrected chi connectivity index (χ4v) is 6.98. The minimum atomic E-state index is -0.381. The Hall–Kier alpha value is -7.12. The van der Waals surface area contributed by atoms with Gasteiger partial charge in [0.25, 0.3) is 5.69 Å². The molecule has 7 heteroatoms. The number of non-ortho nitro benzene ring substituents is 1. The van der Waals surface area contributed by atoms with Crippen LogP contribution in [-0.2, 0) is 0 Å². The summed E-state index contributed by atoms with van der Waals surface area (Å²) in [6.07, 6.45) is 8.23. The Kier molecular flexibility index (Phi) is 7.29. The van der Waals surface area contributed by atoms with E-state index < -0.39 is 0 Å². The van der Waals surface area contributed by atoms with Crippen LogP contribution in [0.1, 0.15) is 22.8 Å². The Bertz CT molecular complexity index is 2650. The Morgan fingerprint density at radius 2 is 0.686 bits per heavy atom. The maximum Gasteiger partial charge on any atom is 0.269 e. The Balaban J connectivity index is 1.46. The van der Waals surface area contributed by atoms with Crippen LogP contribution in [0.5, 0.6) is 0 Å². The van der Waals surface area contributed by atoms with Crippen LogP contribution in [-0.4, -0.2) is 24.9 Å². The van der Waals surface area contributed by atoms with Gasteiger partial charge in [-0.3, -0.25) is 10.1 Å². The summed E-state index contributed by atoms with van der Waals surface area (Å²) in [6, 6.07) is 45.8. The smallest absolute Gasteiger partial charge is 0.269 e. The van der Waals surface area contributed by atoms with E-state index in [1.165, 1.54) is 12.1 Å². The highest BCUT2D eigenvalue weighted by atomic mass is 16.6. The minimum absolute atomic E-state index is 0.0302. The maximum absolute atomic E-state index is 11.6. The average molecular weight is 660 g/mol. The van der Waals surface area contributed by atoms with E-state index in [0.29, 0.717) is 0 Å². The van der Waals surface area contributed by atoms with Gasteiger partial charge in [0.1, 0.15) is 0 Å². The molecule has 0 spiro atoms. The summed E-state index contributed by atoms with van der Waals surface area (Å²) in [4.78, 5) is 29.2. The van der Waals surface area contributed by atoms with E-state index in [9.17, 15) is 10.1 Å². The third-order valence-electron chi connectivity index (χ3n) is 9.31. The van der Waals surface area contributed by atoms with Crippen molar-refractivity contribution in [3.63, 3.8) is 0 Å². The molecule has 7 aromatic rings. The van der Waals surface area contributed by atoms with Crippen LogP contribution in [0.2, 0.25) is 0 Å². The standard InChI is InChI=1S/C44H29N5O2/c50-49(51)32-18-16-31(17-19-32)44-39-26-24-37(47-39)42(29-12-6-2-7-13-29)35-22-20-33(45-35)41(28-10-4-1-5-11-28)34-21-23-36(46-34)43(30-14-8-3-9-15-30)38-25-27-40(44)48-38/h1-27,45,48H. The summed E-state index contributed by atoms with van der Waals surface area (Å²) in [5.74, 6) is 0. The van der Waals surface area contributed by atoms with Gasteiger partial charge in [0, 0.05) is 56.5 Å². The van der Waals surface area contributed by atoms with Crippen LogP contribution in [0.3, 0.4) is 0 Å². The predicted molar refractivity (Wildman–Crippen MR) is 207 cm³/mol. The Morgan fingerprint density at radius 1 is 0.392 bits per heavy atom. The van der Waals surface area contributed by atoms with Crippen molar-refractivity contribution < 1.29 is 4.92 Å². The van der Waals surface area contributed by atoms with E-state index in [2.05, 4.69) is 76.7 Å². The molecule has 7 nitrogen and oxygen atoms in total. The van der Waals surface area contributed by atoms with Crippen LogP contribution in [0.25, 0.3) is 90.9 Å². The van der Waals surface area contributed by atoms with Crippen LogP contribution in [0.15, 0.2) is 140 Å². The summed E-state index contributed by atoms with van der Waals surface area (Å²) in [6.45, 7) is 0. The van der Waals surface area contributed by atoms with Crippen molar-refractivity contribution in [2.75, 3.05) is 0 Å². The number of nitrogens with one attached hydrogen (secondary N) is 2. The molecule has 0 saturated carbocycles. The number of nitro groups is 1. The lowest BCUT2D eigenvalue weighted by atomic mass is 10.0. The number of nitro benzene ring substituents is 1. The van der Waals surface area contributed by atoms with Gasteiger partial charge in [-0.1, -0.05) is 91.0 Å². The zero-order valence-electron chi connectivity index (χ0n) is 27.2. The van der Waals surface area contributed by atoms with Gasteiger partial charge >= 0.3 is 0 Å². The Labute approximate surface area is 293 Å². The molecular weight excluding hydrogens is 631 g/mol. The zero-order chi connectivity index (χ0) is 34.3. The van der Waals surface area contributed by atoms with Crippen molar-refractivity contribution in [3.05, 3.63) is 172 Å². The highest BCUT2D eigenvalue weighted by Crippen LogP contribution is 2.38. The topological polar surface area (TPSA) is 100 Å². The second-order valence-electron chi connectivity index (χ2n) is 12.4. The molecule has 0 radical (unpaired) electrons. The number of aromatic amines is 2. The summed E-state index contributed by atoms with van der Waals surface area (Å²) >= 11 is 0. The normalized spacial score (nSPS) is 11.9. The SMILES string of the molecule is O=[N+]([O-])c1ccc(-c2c3nc(c(-c4ccccc4)c4ccc([nH]4)c(-c4ccccc4)c4nc(c(-c5ccccc5)c5ccc2[nH]5)C=C4)C=C3)cc1. The molecule has 51 heavy (non-hydrogen) atoms. The van der Waals surface area contributed by atoms with Gasteiger partial charge in [0.2, 0.25) is 0 Å². The number of hydrogen-bond acceptors (Lipinski definition) is 4. The molecule has 8 bridgehead atoms. The van der Waals surface area contributed by atoms with Gasteiger partial charge in [-0.25, -0.2) is 9.97 Å². The molecule has 2 aliphatic heterocycles. The first-order valence-electron chi connectivity index (χ1n) is 16.7. The number of rotatable bonds is 5. The van der Waals surface area contributed by atoms with Crippen molar-refractivity contribution >= 4 is 52.1 Å². The average Bonchev–Trinajstić information content (AvgIpc) is 4.01. The molecule has 2 N–H and O–H groups in total. The second kappa shape index (κ2) is 12.4. The maximum atomic E-state index is 11.6. The first kappa shape index (κ1) is 30.0. The van der Waals surface area contributed by atoms with Crippen molar-refractivity contribution in [1.82, 2.24) is 19.9 Å². The quantitative estimate of drug-likeness (QED) is 0.142. The molecule has 0 saturated heterocycles. The minimum Gasteiger partial charge on any atom is -0.354 e. The highest BCUT2D eigenvalue weighted by molar-refractivity contribution is 5.99. The third-order valence-corrected chi connectivity index (χ3v) is 9.31. The molecule has 3 aromatic heterocycles. The second-order valence-corrected chi connectivity index (χ2v) is 12.4. The van der Waals surface area contributed by atoms with E-state index in [1.54, 1.807) is 12.1 Å². The number of aromatic nitrogens is 4. The molecule has 0 fully saturated rings. The molecule has 242 valence electrons. The first-order valence-corrected chi connectivity index (χ1v) is 16.7. The molecule has 0 aliphatic carbocycles. The first-order chi connectivity index (χ1) is 25.1. The van der Waals surface area contributed by atoms with Gasteiger partial charge in [-0.2, -0.15) is 0 Å². The number of fused-ring (bicyclic) bond motifs is 8. The number of benzene rings is 4. The van der Waals surface area contributed by atoms with Crippen LogP contribution < -0.4 is 0 Å². The summed E-state index contributed by atoms with van der Waals surface area (Å²) in [5, 5.41) is 11.6. The predicted octanol–water partition coefficient (Wildman–Crippen LogP) is 11.2. The highest BCUT2D eigenvalue weighted by Gasteiger charge is 2.19. The lowest BCUT2D eigenvalue weighted by Gasteiger charge is -2.07. The summed E-state index contributed by atoms with van der Waals surface area (Å²) in [5.41, 5.74) is 14.5. The molecule has 0 amide bonds. The largest absolute Gasteiger partial charge is 0.354 e. The molecule has 0 atom stereocenters. The number of nitrogens with zero attached hydrogens (tertiary/aromatic N) is 3. The zero-order valence-corrected chi connectivity index (χ0v) is 27.2. The number of hydrogen-bond donors (Lipinski definition) is 2. The molecule has 4 aromatic carbocycles. The van der Waals surface area contributed by atoms with Crippen LogP contribution >= 0.6 is 0 Å². The van der Waals surface area contributed by atoms with Crippen LogP contribution in [0.4, 0.5) is 5.69 Å². The number of H-pyrrole nitrogens is 2. The fraction of sp³-hybridized carbons (Fsp3) is 0. The van der Waals surface area contributed by atoms with E-state index in [1.807, 2.05) is 72.8 Å². The van der Waals surface area contributed by atoms with Gasteiger partial charge < -0.3 is 9.97 Å². The monoisotopic (exact) mass is 659 g/mol. The van der Waals surface area contributed by atoms with Gasteiger partial charge in [-0.15, -0.1) is 0 Å². The van der Waals surface area contributed by atoms with Gasteiger partial charge in [-0.05, 0) is 83.0 Å². The summed E-state index contributed by atoms with van der Waals surface area (Å²) in [7, 11) is 0. The van der Waals surface area contributed by atoms with Crippen LogP contribution in [0, 0.1) is 10.1 Å². The lowest BCUT2D eigenvalue weighted by Crippen LogP contribution is -1.90. The van der Waals surface area contributed by atoms with E-state index in [4.69, 9.17) is 9.97 Å². The fourth-order valence-electron chi connectivity index (χ4n) is 6.98. The molecule has 9 rings (SSSR count). The molecule has 0 unspecified atom stereocenters. The Morgan fingerprint density at radius 3 is 0.980 bits per heavy atom. The third kappa shape index (κ3) is 5.43. The molecule has 5 heterocycles. The van der Waals surface area contributed by atoms with E-state index in [0.717, 1.165) is 89.4 Å².